The number of carbonyl (C=O) groups is 1. The monoisotopic (exact) mass is 335 g/mol. The molecular weight excluding hydrogens is 329 g/mol. The predicted molar refractivity (Wildman–Crippen MR) is 73.3 cm³/mol. The van der Waals surface area contributed by atoms with E-state index < -0.39 is 11.8 Å². The van der Waals surface area contributed by atoms with E-state index in [0.29, 0.717) is 10.2 Å². The van der Waals surface area contributed by atoms with Gasteiger partial charge in [0.2, 0.25) is 0 Å². The molecule has 0 fully saturated rings. The number of nitriles is 1. The fourth-order valence-corrected chi connectivity index (χ4v) is 1.86. The minimum absolute atomic E-state index is 0.0396. The highest BCUT2D eigenvalue weighted by molar-refractivity contribution is 9.10. The molecule has 1 heterocycles. The van der Waals surface area contributed by atoms with Crippen LogP contribution >= 0.6 is 15.9 Å². The first-order valence-corrected chi connectivity index (χ1v) is 6.16. The molecule has 0 aliphatic heterocycles. The number of halogens is 2. The topological polar surface area (TPSA) is 86.0 Å². The van der Waals surface area contributed by atoms with E-state index >= 15 is 0 Å². The normalized spacial score (nSPS) is 9.85. The van der Waals surface area contributed by atoms with Crippen LogP contribution in [0.2, 0.25) is 0 Å². The Hall–Kier alpha value is -2.46. The number of carboxylic acids is 1. The summed E-state index contributed by atoms with van der Waals surface area (Å²) in [5.41, 5.74) is 0.200. The smallest absolute Gasteiger partial charge is 0.339 e. The minimum atomic E-state index is -1.15. The maximum atomic E-state index is 13.2. The molecule has 2 N–H and O–H groups in total. The minimum Gasteiger partial charge on any atom is -0.478 e. The van der Waals surface area contributed by atoms with Gasteiger partial charge in [0, 0.05) is 16.4 Å². The third-order valence-corrected chi connectivity index (χ3v) is 2.87. The number of nitrogens with one attached hydrogen (secondary N) is 1. The lowest BCUT2D eigenvalue weighted by molar-refractivity contribution is 0.0697. The van der Waals surface area contributed by atoms with E-state index in [4.69, 9.17) is 10.4 Å². The Morgan fingerprint density at radius 3 is 2.85 bits per heavy atom. The molecule has 20 heavy (non-hydrogen) atoms. The summed E-state index contributed by atoms with van der Waals surface area (Å²) in [7, 11) is 0. The molecule has 1 aromatic carbocycles. The van der Waals surface area contributed by atoms with Gasteiger partial charge in [0.15, 0.2) is 0 Å². The van der Waals surface area contributed by atoms with Gasteiger partial charge >= 0.3 is 5.97 Å². The molecule has 0 amide bonds. The summed E-state index contributed by atoms with van der Waals surface area (Å²) in [5.74, 6) is -1.68. The number of pyridine rings is 1. The molecule has 0 aliphatic rings. The lowest BCUT2D eigenvalue weighted by Gasteiger charge is -2.09. The second-order valence-electron chi connectivity index (χ2n) is 3.79. The highest BCUT2D eigenvalue weighted by atomic mass is 79.9. The second kappa shape index (κ2) is 5.67. The van der Waals surface area contributed by atoms with Crippen LogP contribution in [0.5, 0.6) is 0 Å². The fourth-order valence-electron chi connectivity index (χ4n) is 1.53. The number of aromatic nitrogens is 1. The van der Waals surface area contributed by atoms with Crippen LogP contribution in [0.4, 0.5) is 15.9 Å². The maximum absolute atomic E-state index is 13.2. The van der Waals surface area contributed by atoms with E-state index in [2.05, 4.69) is 26.2 Å². The van der Waals surface area contributed by atoms with Crippen molar-refractivity contribution in [1.29, 1.82) is 5.26 Å². The van der Waals surface area contributed by atoms with Crippen LogP contribution in [-0.2, 0) is 0 Å². The first-order chi connectivity index (χ1) is 9.51. The van der Waals surface area contributed by atoms with Crippen molar-refractivity contribution in [3.8, 4) is 6.07 Å². The van der Waals surface area contributed by atoms with E-state index in [9.17, 15) is 9.18 Å². The van der Waals surface area contributed by atoms with Crippen molar-refractivity contribution in [3.05, 3.63) is 51.9 Å². The van der Waals surface area contributed by atoms with Crippen LogP contribution in [0.1, 0.15) is 15.9 Å². The number of carboxylic acid groups (broad SMARTS) is 1. The number of rotatable bonds is 3. The number of nitrogens with zero attached hydrogens (tertiary/aromatic N) is 2. The van der Waals surface area contributed by atoms with Crippen LogP contribution in [-0.4, -0.2) is 16.1 Å². The Kier molecular flexibility index (Phi) is 3.96. The van der Waals surface area contributed by atoms with Crippen LogP contribution in [0.15, 0.2) is 34.9 Å². The number of benzene rings is 1. The molecular formula is C13H7BrFN3O2. The fraction of sp³-hybridized carbons (Fsp3) is 0. The Labute approximate surface area is 121 Å². The van der Waals surface area contributed by atoms with Crippen LogP contribution in [0, 0.1) is 17.1 Å². The first kappa shape index (κ1) is 14.0. The summed E-state index contributed by atoms with van der Waals surface area (Å²) in [6.07, 6.45) is 1.43. The summed E-state index contributed by atoms with van der Waals surface area (Å²) in [6, 6.07) is 6.91. The van der Waals surface area contributed by atoms with Crippen LogP contribution in [0.25, 0.3) is 0 Å². The van der Waals surface area contributed by atoms with Crippen molar-refractivity contribution >= 4 is 33.4 Å². The van der Waals surface area contributed by atoms with E-state index in [1.54, 1.807) is 6.07 Å². The molecule has 0 spiro atoms. The molecule has 0 aliphatic carbocycles. The van der Waals surface area contributed by atoms with Gasteiger partial charge in [0.05, 0.1) is 5.56 Å². The third-order valence-electron chi connectivity index (χ3n) is 2.43. The zero-order chi connectivity index (χ0) is 14.7. The number of anilines is 2. The second-order valence-corrected chi connectivity index (χ2v) is 4.70. The summed E-state index contributed by atoms with van der Waals surface area (Å²) in [6.45, 7) is 0. The molecule has 2 rings (SSSR count). The van der Waals surface area contributed by atoms with Gasteiger partial charge in [-0.2, -0.15) is 5.26 Å². The molecule has 0 atom stereocenters. The largest absolute Gasteiger partial charge is 0.478 e. The van der Waals surface area contributed by atoms with Crippen molar-refractivity contribution in [2.24, 2.45) is 0 Å². The van der Waals surface area contributed by atoms with E-state index in [1.807, 2.05) is 0 Å². The van der Waals surface area contributed by atoms with Gasteiger partial charge < -0.3 is 10.4 Å². The Balaban J connectivity index is 2.40. The van der Waals surface area contributed by atoms with Crippen molar-refractivity contribution in [1.82, 2.24) is 4.98 Å². The van der Waals surface area contributed by atoms with Crippen molar-refractivity contribution < 1.29 is 14.3 Å². The van der Waals surface area contributed by atoms with Gasteiger partial charge in [0.1, 0.15) is 23.3 Å². The molecule has 0 bridgehead atoms. The molecule has 100 valence electrons. The van der Waals surface area contributed by atoms with Gasteiger partial charge in [0.25, 0.3) is 0 Å². The molecule has 0 saturated carbocycles. The van der Waals surface area contributed by atoms with Gasteiger partial charge in [-0.15, -0.1) is 0 Å². The van der Waals surface area contributed by atoms with E-state index in [1.165, 1.54) is 24.4 Å². The summed E-state index contributed by atoms with van der Waals surface area (Å²) < 4.78 is 13.7. The maximum Gasteiger partial charge on any atom is 0.339 e. The molecule has 0 saturated heterocycles. The average molecular weight is 336 g/mol. The average Bonchev–Trinajstić information content (AvgIpc) is 2.42. The lowest BCUT2D eigenvalue weighted by Crippen LogP contribution is -2.05. The van der Waals surface area contributed by atoms with Crippen LogP contribution < -0.4 is 5.32 Å². The zero-order valence-electron chi connectivity index (χ0n) is 9.89. The van der Waals surface area contributed by atoms with Gasteiger partial charge in [-0.1, -0.05) is 0 Å². The van der Waals surface area contributed by atoms with Crippen molar-refractivity contribution in [2.75, 3.05) is 5.32 Å². The quantitative estimate of drug-likeness (QED) is 0.898. The Morgan fingerprint density at radius 1 is 1.45 bits per heavy atom. The molecule has 0 unspecified atom stereocenters. The SMILES string of the molecule is N#Cc1cc(Nc2ncc(Br)cc2C(=O)O)ccc1F. The highest BCUT2D eigenvalue weighted by Crippen LogP contribution is 2.23. The zero-order valence-corrected chi connectivity index (χ0v) is 11.5. The number of aromatic carboxylic acids is 1. The molecule has 1 aromatic heterocycles. The Morgan fingerprint density at radius 2 is 2.20 bits per heavy atom. The van der Waals surface area contributed by atoms with Crippen molar-refractivity contribution in [3.63, 3.8) is 0 Å². The molecule has 5 nitrogen and oxygen atoms in total. The predicted octanol–water partition coefficient (Wildman–Crippen LogP) is 3.30. The summed E-state index contributed by atoms with van der Waals surface area (Å²) in [4.78, 5) is 15.1. The number of hydrogen-bond donors (Lipinski definition) is 2. The Bertz CT molecular complexity index is 728. The van der Waals surface area contributed by atoms with Gasteiger partial charge in [-0.25, -0.2) is 14.2 Å². The third kappa shape index (κ3) is 2.92. The van der Waals surface area contributed by atoms with Crippen molar-refractivity contribution in [2.45, 2.75) is 0 Å². The van der Waals surface area contributed by atoms with Gasteiger partial charge in [-0.3, -0.25) is 0 Å². The number of hydrogen-bond acceptors (Lipinski definition) is 4. The first-order valence-electron chi connectivity index (χ1n) is 5.37. The standard InChI is InChI=1S/C13H7BrFN3O2/c14-8-4-10(13(19)20)12(17-6-8)18-9-1-2-11(15)7(3-9)5-16/h1-4,6H,(H,17,18)(H,19,20). The lowest BCUT2D eigenvalue weighted by atomic mass is 10.2. The molecule has 0 radical (unpaired) electrons. The summed E-state index contributed by atoms with van der Waals surface area (Å²) in [5, 5.41) is 20.6. The van der Waals surface area contributed by atoms with Crippen LogP contribution in [0.3, 0.4) is 0 Å². The van der Waals surface area contributed by atoms with E-state index in [-0.39, 0.29) is 16.9 Å². The molecule has 7 heteroatoms. The summed E-state index contributed by atoms with van der Waals surface area (Å²) >= 11 is 3.14. The van der Waals surface area contributed by atoms with E-state index in [0.717, 1.165) is 6.07 Å². The van der Waals surface area contributed by atoms with Gasteiger partial charge in [-0.05, 0) is 40.2 Å². The highest BCUT2D eigenvalue weighted by Gasteiger charge is 2.13. The molecule has 2 aromatic rings.